The smallest absolute Gasteiger partial charge is 0.321 e. The van der Waals surface area contributed by atoms with Crippen LogP contribution in [-0.4, -0.2) is 25.5 Å². The zero-order valence-corrected chi connectivity index (χ0v) is 11.9. The molecule has 1 aromatic rings. The number of carbonyl (C=O) groups is 1. The Balaban J connectivity index is 3.03. The maximum Gasteiger partial charge on any atom is 0.321 e. The van der Waals surface area contributed by atoms with E-state index in [4.69, 9.17) is 16.7 Å². The predicted octanol–water partition coefficient (Wildman–Crippen LogP) is 1.92. The molecule has 0 fully saturated rings. The largest absolute Gasteiger partial charge is 0.480 e. The summed E-state index contributed by atoms with van der Waals surface area (Å²) in [6, 6.07) is 0.115. The second-order valence-electron chi connectivity index (χ2n) is 2.87. The highest BCUT2D eigenvalue weighted by Gasteiger charge is 2.25. The minimum Gasteiger partial charge on any atom is -0.480 e. The van der Waals surface area contributed by atoms with Crippen LogP contribution in [0.1, 0.15) is 6.92 Å². The Bertz CT molecular complexity index is 512. The molecule has 0 saturated heterocycles. The summed E-state index contributed by atoms with van der Waals surface area (Å²) < 4.78 is 26.1. The van der Waals surface area contributed by atoms with Gasteiger partial charge in [0.1, 0.15) is 15.3 Å². The highest BCUT2D eigenvalue weighted by atomic mass is 79.9. The van der Waals surface area contributed by atoms with Gasteiger partial charge >= 0.3 is 5.97 Å². The van der Waals surface area contributed by atoms with Crippen LogP contribution in [0.4, 0.5) is 0 Å². The van der Waals surface area contributed by atoms with Gasteiger partial charge in [0.15, 0.2) is 0 Å². The van der Waals surface area contributed by atoms with Gasteiger partial charge in [0.2, 0.25) is 10.0 Å². The van der Waals surface area contributed by atoms with E-state index >= 15 is 0 Å². The van der Waals surface area contributed by atoms with Crippen LogP contribution >= 0.6 is 38.9 Å². The van der Waals surface area contributed by atoms with Crippen LogP contribution in [0, 0.1) is 0 Å². The third-order valence-corrected chi connectivity index (χ3v) is 5.28. The predicted molar refractivity (Wildman–Crippen MR) is 64.4 cm³/mol. The number of carboxylic acids is 1. The molecule has 0 radical (unpaired) electrons. The normalized spacial score (nSPS) is 13.7. The summed E-state index contributed by atoms with van der Waals surface area (Å²) in [6.45, 7) is 1.23. The van der Waals surface area contributed by atoms with Crippen molar-refractivity contribution in [1.29, 1.82) is 0 Å². The molecule has 2 N–H and O–H groups in total. The molecule has 0 amide bonds. The van der Waals surface area contributed by atoms with E-state index < -0.39 is 22.0 Å². The quantitative estimate of drug-likeness (QED) is 0.870. The molecule has 1 heterocycles. The van der Waals surface area contributed by atoms with Crippen molar-refractivity contribution in [3.8, 4) is 0 Å². The summed E-state index contributed by atoms with van der Waals surface area (Å²) in [5.74, 6) is -1.26. The molecule has 16 heavy (non-hydrogen) atoms. The van der Waals surface area contributed by atoms with E-state index in [9.17, 15) is 13.2 Å². The van der Waals surface area contributed by atoms with Crippen molar-refractivity contribution in [3.05, 3.63) is 14.2 Å². The molecule has 1 rings (SSSR count). The third-order valence-electron chi connectivity index (χ3n) is 1.62. The molecule has 90 valence electrons. The lowest BCUT2D eigenvalue weighted by Gasteiger charge is -2.08. The Kier molecular flexibility index (Phi) is 4.35. The molecular formula is C7H7BrClNO4S2. The lowest BCUT2D eigenvalue weighted by atomic mass is 10.4. The Morgan fingerprint density at radius 2 is 2.25 bits per heavy atom. The van der Waals surface area contributed by atoms with E-state index in [1.807, 2.05) is 4.72 Å². The summed E-state index contributed by atoms with van der Waals surface area (Å²) in [4.78, 5) is 10.4. The number of aliphatic carboxylic acids is 1. The van der Waals surface area contributed by atoms with Gasteiger partial charge in [0, 0.05) is 0 Å². The molecule has 1 aromatic heterocycles. The van der Waals surface area contributed by atoms with E-state index in [1.54, 1.807) is 0 Å². The molecule has 0 saturated carbocycles. The van der Waals surface area contributed by atoms with Gasteiger partial charge in [0.25, 0.3) is 0 Å². The van der Waals surface area contributed by atoms with Crippen LogP contribution in [0.2, 0.25) is 4.34 Å². The second-order valence-corrected chi connectivity index (χ2v) is 7.59. The average molecular weight is 349 g/mol. The van der Waals surface area contributed by atoms with Crippen molar-refractivity contribution in [2.24, 2.45) is 0 Å². The van der Waals surface area contributed by atoms with Crippen LogP contribution in [0.5, 0.6) is 0 Å². The molecule has 0 aliphatic carbocycles. The fraction of sp³-hybridized carbons (Fsp3) is 0.286. The Morgan fingerprint density at radius 3 is 2.62 bits per heavy atom. The molecule has 9 heteroatoms. The van der Waals surface area contributed by atoms with Crippen LogP contribution in [0.25, 0.3) is 0 Å². The molecule has 0 bridgehead atoms. The van der Waals surface area contributed by atoms with Crippen molar-refractivity contribution < 1.29 is 18.3 Å². The monoisotopic (exact) mass is 347 g/mol. The maximum absolute atomic E-state index is 11.7. The highest BCUT2D eigenvalue weighted by Crippen LogP contribution is 2.34. The van der Waals surface area contributed by atoms with Crippen LogP contribution in [0.15, 0.2) is 14.7 Å². The topological polar surface area (TPSA) is 83.5 Å². The van der Waals surface area contributed by atoms with Gasteiger partial charge < -0.3 is 5.11 Å². The number of halogens is 2. The second kappa shape index (κ2) is 5.01. The number of sulfonamides is 1. The molecule has 0 aromatic carbocycles. The molecule has 0 spiro atoms. The Labute approximate surface area is 110 Å². The molecule has 5 nitrogen and oxygen atoms in total. The minimum absolute atomic E-state index is 0.0805. The average Bonchev–Trinajstić information content (AvgIpc) is 2.45. The van der Waals surface area contributed by atoms with Gasteiger partial charge in [-0.1, -0.05) is 11.6 Å². The number of nitrogens with one attached hydrogen (secondary N) is 1. The number of hydrogen-bond donors (Lipinski definition) is 2. The Morgan fingerprint density at radius 1 is 1.69 bits per heavy atom. The van der Waals surface area contributed by atoms with Gasteiger partial charge in [-0.2, -0.15) is 4.72 Å². The first-order valence-corrected chi connectivity index (χ1v) is 7.41. The van der Waals surface area contributed by atoms with Crippen molar-refractivity contribution >= 4 is 54.9 Å². The Hall–Kier alpha value is -0.150. The summed E-state index contributed by atoms with van der Waals surface area (Å²) >= 11 is 9.86. The van der Waals surface area contributed by atoms with E-state index in [0.717, 1.165) is 11.3 Å². The van der Waals surface area contributed by atoms with E-state index in [-0.39, 0.29) is 9.23 Å². The zero-order valence-electron chi connectivity index (χ0n) is 7.90. The summed E-state index contributed by atoms with van der Waals surface area (Å²) in [6.07, 6.45) is 0. The van der Waals surface area contributed by atoms with Crippen LogP contribution < -0.4 is 4.72 Å². The molecule has 0 aliphatic rings. The zero-order chi connectivity index (χ0) is 12.5. The van der Waals surface area contributed by atoms with Gasteiger partial charge in [-0.15, -0.1) is 11.3 Å². The van der Waals surface area contributed by atoms with Crippen molar-refractivity contribution in [1.82, 2.24) is 4.72 Å². The number of rotatable bonds is 4. The van der Waals surface area contributed by atoms with Gasteiger partial charge in [-0.05, 0) is 28.9 Å². The number of thiophene rings is 1. The molecule has 0 unspecified atom stereocenters. The number of carboxylic acid groups (broad SMARTS) is 1. The van der Waals surface area contributed by atoms with Crippen molar-refractivity contribution in [3.63, 3.8) is 0 Å². The van der Waals surface area contributed by atoms with Crippen molar-refractivity contribution in [2.75, 3.05) is 0 Å². The van der Waals surface area contributed by atoms with E-state index in [1.165, 1.54) is 13.0 Å². The van der Waals surface area contributed by atoms with Gasteiger partial charge in [-0.3, -0.25) is 4.79 Å². The van der Waals surface area contributed by atoms with Crippen LogP contribution in [-0.2, 0) is 14.8 Å². The summed E-state index contributed by atoms with van der Waals surface area (Å²) in [5, 5.41) is 8.60. The van der Waals surface area contributed by atoms with Crippen LogP contribution in [0.3, 0.4) is 0 Å². The van der Waals surface area contributed by atoms with E-state index in [2.05, 4.69) is 15.9 Å². The first-order valence-electron chi connectivity index (χ1n) is 3.94. The third kappa shape index (κ3) is 3.17. The molecule has 0 aliphatic heterocycles. The highest BCUT2D eigenvalue weighted by molar-refractivity contribution is 9.11. The lowest BCUT2D eigenvalue weighted by molar-refractivity contribution is -0.138. The van der Waals surface area contributed by atoms with Crippen molar-refractivity contribution in [2.45, 2.75) is 17.9 Å². The maximum atomic E-state index is 11.7. The van der Waals surface area contributed by atoms with Gasteiger partial charge in [-0.25, -0.2) is 8.42 Å². The first kappa shape index (κ1) is 13.9. The molecular weight excluding hydrogens is 342 g/mol. The minimum atomic E-state index is -3.90. The van der Waals surface area contributed by atoms with E-state index in [0.29, 0.717) is 3.79 Å². The van der Waals surface area contributed by atoms with Gasteiger partial charge in [0.05, 0.1) is 3.79 Å². The number of hydrogen-bond acceptors (Lipinski definition) is 4. The first-order chi connectivity index (χ1) is 7.24. The molecule has 1 atom stereocenters. The SMILES string of the molecule is C[C@@H](NS(=O)(=O)c1cc(Br)sc1Cl)C(=O)O. The fourth-order valence-electron chi connectivity index (χ4n) is 0.855. The lowest BCUT2D eigenvalue weighted by Crippen LogP contribution is -2.38. The summed E-state index contributed by atoms with van der Waals surface area (Å²) in [5.41, 5.74) is 0. The standard InChI is InChI=1S/C7H7BrClNO4S2/c1-3(7(11)12)10-16(13,14)4-2-5(8)15-6(4)9/h2-3,10H,1H3,(H,11,12)/t3-/m1/s1. The summed E-state index contributed by atoms with van der Waals surface area (Å²) in [7, 11) is -3.90. The fourth-order valence-corrected chi connectivity index (χ4v) is 4.82.